The highest BCUT2D eigenvalue weighted by atomic mass is 79.9. The summed E-state index contributed by atoms with van der Waals surface area (Å²) in [6.45, 7) is 3.50. The van der Waals surface area contributed by atoms with E-state index < -0.39 is 12.0 Å². The van der Waals surface area contributed by atoms with Crippen LogP contribution in [0.15, 0.2) is 9.85 Å². The van der Waals surface area contributed by atoms with Crippen molar-refractivity contribution in [1.29, 1.82) is 0 Å². The number of rotatable bonds is 3. The predicted octanol–water partition coefficient (Wildman–Crippen LogP) is 2.12. The highest BCUT2D eigenvalue weighted by molar-refractivity contribution is 9.11. The molecule has 6 nitrogen and oxygen atoms in total. The molecule has 90 valence electrons. The third-order valence-corrected chi connectivity index (χ3v) is 4.43. The molecular weight excluding hydrogens is 308 g/mol. The zero-order valence-electron chi connectivity index (χ0n) is 9.09. The van der Waals surface area contributed by atoms with Gasteiger partial charge in [-0.05, 0) is 51.8 Å². The van der Waals surface area contributed by atoms with E-state index in [2.05, 4.69) is 31.5 Å². The smallest absolute Gasteiger partial charge is 0.328 e. The van der Waals surface area contributed by atoms with E-state index in [9.17, 15) is 4.79 Å². The average Bonchev–Trinajstić information content (AvgIpc) is 2.85. The quantitative estimate of drug-likeness (QED) is 0.938. The van der Waals surface area contributed by atoms with Crippen molar-refractivity contribution < 1.29 is 9.90 Å². The number of hydrogen-bond donors (Lipinski definition) is 1. The zero-order chi connectivity index (χ0) is 12.6. The van der Waals surface area contributed by atoms with E-state index in [1.807, 2.05) is 13.0 Å². The molecule has 1 atom stereocenters. The Morgan fingerprint density at radius 2 is 2.35 bits per heavy atom. The fourth-order valence-electron chi connectivity index (χ4n) is 1.29. The number of carboxylic acid groups (broad SMARTS) is 1. The molecule has 2 aromatic heterocycles. The molecule has 0 radical (unpaired) electrons. The number of aryl methyl sites for hydroxylation is 1. The Bertz CT molecular complexity index is 546. The molecule has 0 saturated heterocycles. The first kappa shape index (κ1) is 12.2. The molecule has 0 aromatic carbocycles. The normalized spacial score (nSPS) is 12.6. The van der Waals surface area contributed by atoms with Crippen LogP contribution in [0.25, 0.3) is 10.7 Å². The van der Waals surface area contributed by atoms with Crippen LogP contribution in [0, 0.1) is 6.92 Å². The molecule has 0 bridgehead atoms. The van der Waals surface area contributed by atoms with Crippen LogP contribution in [0.4, 0.5) is 0 Å². The monoisotopic (exact) mass is 316 g/mol. The van der Waals surface area contributed by atoms with Crippen LogP contribution >= 0.6 is 27.3 Å². The van der Waals surface area contributed by atoms with Crippen molar-refractivity contribution in [2.24, 2.45) is 0 Å². The number of carbonyl (C=O) groups is 1. The number of halogens is 1. The lowest BCUT2D eigenvalue weighted by Crippen LogP contribution is -2.17. The van der Waals surface area contributed by atoms with Crippen LogP contribution in [0.5, 0.6) is 0 Å². The van der Waals surface area contributed by atoms with Gasteiger partial charge in [0.2, 0.25) is 0 Å². The molecule has 0 saturated carbocycles. The molecule has 0 aliphatic rings. The summed E-state index contributed by atoms with van der Waals surface area (Å²) in [5.41, 5.74) is 1.07. The van der Waals surface area contributed by atoms with E-state index in [1.54, 1.807) is 0 Å². The second kappa shape index (κ2) is 4.53. The minimum atomic E-state index is -0.967. The van der Waals surface area contributed by atoms with Gasteiger partial charge in [-0.25, -0.2) is 9.48 Å². The molecular formula is C9H9BrN4O2S. The SMILES string of the molecule is Cc1cc(-c2nnnn2C(C)C(=O)O)sc1Br. The number of hydrogen-bond acceptors (Lipinski definition) is 5. The minimum absolute atomic E-state index is 0.471. The molecule has 0 amide bonds. The van der Waals surface area contributed by atoms with Gasteiger partial charge in [-0.15, -0.1) is 16.4 Å². The molecule has 1 unspecified atom stereocenters. The van der Waals surface area contributed by atoms with Gasteiger partial charge in [0.1, 0.15) is 0 Å². The van der Waals surface area contributed by atoms with Gasteiger partial charge in [0, 0.05) is 0 Å². The Labute approximate surface area is 109 Å². The lowest BCUT2D eigenvalue weighted by Gasteiger charge is -2.06. The van der Waals surface area contributed by atoms with Crippen LogP contribution in [-0.4, -0.2) is 31.3 Å². The summed E-state index contributed by atoms with van der Waals surface area (Å²) in [4.78, 5) is 11.8. The van der Waals surface area contributed by atoms with Gasteiger partial charge in [0.05, 0.1) is 8.66 Å². The number of thiophene rings is 1. The van der Waals surface area contributed by atoms with Crippen molar-refractivity contribution in [1.82, 2.24) is 20.2 Å². The summed E-state index contributed by atoms with van der Waals surface area (Å²) >= 11 is 4.89. The molecule has 1 N–H and O–H groups in total. The van der Waals surface area contributed by atoms with Gasteiger partial charge in [0.25, 0.3) is 0 Å². The molecule has 8 heteroatoms. The first-order chi connectivity index (χ1) is 8.00. The summed E-state index contributed by atoms with van der Waals surface area (Å²) < 4.78 is 2.30. The van der Waals surface area contributed by atoms with E-state index in [0.717, 1.165) is 14.2 Å². The van der Waals surface area contributed by atoms with E-state index in [1.165, 1.54) is 22.9 Å². The maximum absolute atomic E-state index is 10.9. The van der Waals surface area contributed by atoms with Crippen molar-refractivity contribution in [2.45, 2.75) is 19.9 Å². The van der Waals surface area contributed by atoms with Crippen molar-refractivity contribution in [3.63, 3.8) is 0 Å². The Balaban J connectivity index is 2.46. The van der Waals surface area contributed by atoms with Crippen LogP contribution in [0.3, 0.4) is 0 Å². The Morgan fingerprint density at radius 3 is 2.88 bits per heavy atom. The Kier molecular flexibility index (Phi) is 3.25. The molecule has 0 spiro atoms. The van der Waals surface area contributed by atoms with Gasteiger partial charge in [-0.1, -0.05) is 0 Å². The lowest BCUT2D eigenvalue weighted by atomic mass is 10.3. The molecule has 0 aliphatic carbocycles. The highest BCUT2D eigenvalue weighted by Crippen LogP contribution is 2.34. The summed E-state index contributed by atoms with van der Waals surface area (Å²) in [5, 5.41) is 20.1. The maximum atomic E-state index is 10.9. The van der Waals surface area contributed by atoms with E-state index >= 15 is 0 Å². The van der Waals surface area contributed by atoms with Gasteiger partial charge in [0.15, 0.2) is 11.9 Å². The first-order valence-corrected chi connectivity index (χ1v) is 6.38. The van der Waals surface area contributed by atoms with Crippen LogP contribution < -0.4 is 0 Å². The average molecular weight is 317 g/mol. The van der Waals surface area contributed by atoms with Crippen LogP contribution in [0.1, 0.15) is 18.5 Å². The van der Waals surface area contributed by atoms with Crippen molar-refractivity contribution in [2.75, 3.05) is 0 Å². The highest BCUT2D eigenvalue weighted by Gasteiger charge is 2.21. The number of carboxylic acids is 1. The Morgan fingerprint density at radius 1 is 1.65 bits per heavy atom. The number of nitrogens with zero attached hydrogens (tertiary/aromatic N) is 4. The molecule has 2 rings (SSSR count). The molecule has 2 heterocycles. The van der Waals surface area contributed by atoms with Crippen molar-refractivity contribution in [3.8, 4) is 10.7 Å². The van der Waals surface area contributed by atoms with Crippen LogP contribution in [0.2, 0.25) is 0 Å². The van der Waals surface area contributed by atoms with Gasteiger partial charge in [-0.3, -0.25) is 0 Å². The fourth-order valence-corrected chi connectivity index (χ4v) is 2.80. The predicted molar refractivity (Wildman–Crippen MR) is 65.9 cm³/mol. The minimum Gasteiger partial charge on any atom is -0.480 e. The zero-order valence-corrected chi connectivity index (χ0v) is 11.5. The third kappa shape index (κ3) is 2.22. The van der Waals surface area contributed by atoms with Crippen LogP contribution in [-0.2, 0) is 4.79 Å². The second-order valence-corrected chi connectivity index (χ2v) is 5.90. The van der Waals surface area contributed by atoms with E-state index in [0.29, 0.717) is 5.82 Å². The topological polar surface area (TPSA) is 80.9 Å². The summed E-state index contributed by atoms with van der Waals surface area (Å²) in [7, 11) is 0. The summed E-state index contributed by atoms with van der Waals surface area (Å²) in [6, 6.07) is 1.13. The largest absolute Gasteiger partial charge is 0.480 e. The van der Waals surface area contributed by atoms with E-state index in [4.69, 9.17) is 5.11 Å². The molecule has 0 aliphatic heterocycles. The van der Waals surface area contributed by atoms with Gasteiger partial charge >= 0.3 is 5.97 Å². The maximum Gasteiger partial charge on any atom is 0.328 e. The number of tetrazole rings is 1. The third-order valence-electron chi connectivity index (χ3n) is 2.29. The standard InChI is InChI=1S/C9H9BrN4O2S/c1-4-3-6(17-7(4)10)8-11-12-13-14(8)5(2)9(15)16/h3,5H,1-2H3,(H,15,16). The molecule has 17 heavy (non-hydrogen) atoms. The summed E-state index contributed by atoms with van der Waals surface area (Å²) in [5.74, 6) is -0.496. The van der Waals surface area contributed by atoms with Crippen molar-refractivity contribution in [3.05, 3.63) is 15.4 Å². The summed E-state index contributed by atoms with van der Waals surface area (Å²) in [6.07, 6.45) is 0. The van der Waals surface area contributed by atoms with Crippen molar-refractivity contribution >= 4 is 33.2 Å². The lowest BCUT2D eigenvalue weighted by molar-refractivity contribution is -0.140. The molecule has 0 fully saturated rings. The fraction of sp³-hybridized carbons (Fsp3) is 0.333. The number of aromatic nitrogens is 4. The molecule has 2 aromatic rings. The first-order valence-electron chi connectivity index (χ1n) is 4.77. The van der Waals surface area contributed by atoms with Gasteiger partial charge in [-0.2, -0.15) is 0 Å². The second-order valence-electron chi connectivity index (χ2n) is 3.53. The number of aliphatic carboxylic acids is 1. The van der Waals surface area contributed by atoms with E-state index in [-0.39, 0.29) is 0 Å². The van der Waals surface area contributed by atoms with Gasteiger partial charge < -0.3 is 5.11 Å². The Hall–Kier alpha value is -1.28.